The Kier molecular flexibility index (Phi) is 2.31. The predicted molar refractivity (Wildman–Crippen MR) is 50.0 cm³/mol. The van der Waals surface area contributed by atoms with Crippen LogP contribution in [0.15, 0.2) is 6.20 Å². The van der Waals surface area contributed by atoms with E-state index >= 15 is 0 Å². The number of hydrogen-bond donors (Lipinski definition) is 1. The molecule has 2 N–H and O–H groups in total. The minimum Gasteiger partial charge on any atom is -0.328 e. The standard InChI is InChI=1S/C9H16N4/c1-13-6-9(11-12-13)5-7-2-3-8(10)4-7/h6-8H,2-5,10H2,1H3. The summed E-state index contributed by atoms with van der Waals surface area (Å²) in [7, 11) is 1.90. The summed E-state index contributed by atoms with van der Waals surface area (Å²) in [6.07, 6.45) is 6.60. The van der Waals surface area contributed by atoms with Crippen LogP contribution in [0.25, 0.3) is 0 Å². The molecule has 4 heteroatoms. The van der Waals surface area contributed by atoms with Crippen molar-refractivity contribution in [3.63, 3.8) is 0 Å². The minimum absolute atomic E-state index is 0.418. The highest BCUT2D eigenvalue weighted by Gasteiger charge is 2.22. The molecule has 2 rings (SSSR count). The number of nitrogens with zero attached hydrogens (tertiary/aromatic N) is 3. The third-order valence-corrected chi connectivity index (χ3v) is 2.73. The van der Waals surface area contributed by atoms with Crippen LogP contribution in [-0.4, -0.2) is 21.0 Å². The van der Waals surface area contributed by atoms with Gasteiger partial charge < -0.3 is 5.73 Å². The molecule has 1 aliphatic rings. The lowest BCUT2D eigenvalue weighted by Crippen LogP contribution is -2.15. The van der Waals surface area contributed by atoms with Crippen molar-refractivity contribution in [2.45, 2.75) is 31.7 Å². The van der Waals surface area contributed by atoms with E-state index < -0.39 is 0 Å². The molecule has 0 saturated heterocycles. The highest BCUT2D eigenvalue weighted by Crippen LogP contribution is 2.26. The molecule has 13 heavy (non-hydrogen) atoms. The van der Waals surface area contributed by atoms with E-state index in [1.807, 2.05) is 13.2 Å². The third kappa shape index (κ3) is 2.06. The van der Waals surface area contributed by atoms with Gasteiger partial charge in [0.25, 0.3) is 0 Å². The van der Waals surface area contributed by atoms with Gasteiger partial charge in [-0.1, -0.05) is 5.21 Å². The lowest BCUT2D eigenvalue weighted by molar-refractivity contribution is 0.528. The quantitative estimate of drug-likeness (QED) is 0.720. The largest absolute Gasteiger partial charge is 0.328 e. The molecule has 1 aromatic heterocycles. The molecule has 1 heterocycles. The van der Waals surface area contributed by atoms with Gasteiger partial charge in [0.2, 0.25) is 0 Å². The van der Waals surface area contributed by atoms with E-state index in [0.29, 0.717) is 6.04 Å². The van der Waals surface area contributed by atoms with Crippen LogP contribution in [0.3, 0.4) is 0 Å². The van der Waals surface area contributed by atoms with E-state index in [1.165, 1.54) is 12.8 Å². The van der Waals surface area contributed by atoms with Gasteiger partial charge in [-0.3, -0.25) is 4.68 Å². The zero-order chi connectivity index (χ0) is 9.26. The van der Waals surface area contributed by atoms with Gasteiger partial charge in [-0.25, -0.2) is 0 Å². The SMILES string of the molecule is Cn1cc(CC2CCC(N)C2)nn1. The molecule has 2 unspecified atom stereocenters. The van der Waals surface area contributed by atoms with E-state index in [9.17, 15) is 0 Å². The maximum atomic E-state index is 5.84. The van der Waals surface area contributed by atoms with Crippen molar-refractivity contribution in [3.05, 3.63) is 11.9 Å². The Hall–Kier alpha value is -0.900. The maximum Gasteiger partial charge on any atom is 0.0829 e. The first-order chi connectivity index (χ1) is 6.24. The van der Waals surface area contributed by atoms with Gasteiger partial charge in [-0.2, -0.15) is 0 Å². The molecule has 72 valence electrons. The van der Waals surface area contributed by atoms with Crippen molar-refractivity contribution in [3.8, 4) is 0 Å². The molecule has 2 atom stereocenters. The summed E-state index contributed by atoms with van der Waals surface area (Å²) in [5, 5.41) is 7.99. The van der Waals surface area contributed by atoms with Crippen LogP contribution in [0.1, 0.15) is 25.0 Å². The summed E-state index contributed by atoms with van der Waals surface area (Å²) >= 11 is 0. The van der Waals surface area contributed by atoms with Crippen molar-refractivity contribution in [2.75, 3.05) is 0 Å². The first kappa shape index (κ1) is 8.69. The zero-order valence-electron chi connectivity index (χ0n) is 7.98. The van der Waals surface area contributed by atoms with E-state index in [4.69, 9.17) is 5.73 Å². The molecule has 0 bridgehead atoms. The van der Waals surface area contributed by atoms with Gasteiger partial charge in [-0.05, 0) is 31.6 Å². The fourth-order valence-corrected chi connectivity index (χ4v) is 2.08. The second-order valence-electron chi connectivity index (χ2n) is 4.03. The summed E-state index contributed by atoms with van der Waals surface area (Å²) in [5.74, 6) is 0.728. The molecular weight excluding hydrogens is 164 g/mol. The predicted octanol–water partition coefficient (Wildman–Crippen LogP) is 0.485. The van der Waals surface area contributed by atoms with Gasteiger partial charge >= 0.3 is 0 Å². The van der Waals surface area contributed by atoms with E-state index in [1.54, 1.807) is 4.68 Å². The Morgan fingerprint density at radius 2 is 2.46 bits per heavy atom. The molecule has 0 spiro atoms. The van der Waals surface area contributed by atoms with Crippen molar-refractivity contribution >= 4 is 0 Å². The van der Waals surface area contributed by atoms with Gasteiger partial charge in [0.1, 0.15) is 0 Å². The summed E-state index contributed by atoms with van der Waals surface area (Å²) in [4.78, 5) is 0. The van der Waals surface area contributed by atoms with Crippen molar-refractivity contribution in [1.82, 2.24) is 15.0 Å². The van der Waals surface area contributed by atoms with Gasteiger partial charge in [0, 0.05) is 19.3 Å². The smallest absolute Gasteiger partial charge is 0.0829 e. The van der Waals surface area contributed by atoms with Crippen LogP contribution < -0.4 is 5.73 Å². The van der Waals surface area contributed by atoms with E-state index in [-0.39, 0.29) is 0 Å². The molecular formula is C9H16N4. The lowest BCUT2D eigenvalue weighted by atomic mass is 10.0. The third-order valence-electron chi connectivity index (χ3n) is 2.73. The van der Waals surface area contributed by atoms with Crippen LogP contribution >= 0.6 is 0 Å². The highest BCUT2D eigenvalue weighted by atomic mass is 15.4. The first-order valence-electron chi connectivity index (χ1n) is 4.85. The monoisotopic (exact) mass is 180 g/mol. The van der Waals surface area contributed by atoms with Crippen LogP contribution in [0, 0.1) is 5.92 Å². The van der Waals surface area contributed by atoms with Crippen LogP contribution in [-0.2, 0) is 13.5 Å². The second kappa shape index (κ2) is 3.46. The molecule has 4 nitrogen and oxygen atoms in total. The fourth-order valence-electron chi connectivity index (χ4n) is 2.08. The number of hydrogen-bond acceptors (Lipinski definition) is 3. The average Bonchev–Trinajstić information content (AvgIpc) is 2.62. The first-order valence-corrected chi connectivity index (χ1v) is 4.85. The molecule has 1 saturated carbocycles. The number of rotatable bonds is 2. The second-order valence-corrected chi connectivity index (χ2v) is 4.03. The minimum atomic E-state index is 0.418. The Bertz CT molecular complexity index is 281. The summed E-state index contributed by atoms with van der Waals surface area (Å²) in [6.45, 7) is 0. The van der Waals surface area contributed by atoms with E-state index in [2.05, 4.69) is 10.3 Å². The Morgan fingerprint density at radius 1 is 1.62 bits per heavy atom. The van der Waals surface area contributed by atoms with Crippen molar-refractivity contribution in [1.29, 1.82) is 0 Å². The number of nitrogens with two attached hydrogens (primary N) is 1. The Morgan fingerprint density at radius 3 is 3.00 bits per heavy atom. The van der Waals surface area contributed by atoms with Crippen molar-refractivity contribution < 1.29 is 0 Å². The Labute approximate surface area is 78.1 Å². The van der Waals surface area contributed by atoms with Crippen LogP contribution in [0.5, 0.6) is 0 Å². The fraction of sp³-hybridized carbons (Fsp3) is 0.778. The topological polar surface area (TPSA) is 56.7 Å². The summed E-state index contributed by atoms with van der Waals surface area (Å²) in [6, 6.07) is 0.418. The van der Waals surface area contributed by atoms with Gasteiger partial charge in [-0.15, -0.1) is 5.10 Å². The van der Waals surface area contributed by atoms with Gasteiger partial charge in [0.05, 0.1) is 5.69 Å². The number of aryl methyl sites for hydroxylation is 1. The molecule has 1 aliphatic carbocycles. The summed E-state index contributed by atoms with van der Waals surface area (Å²) < 4.78 is 1.75. The van der Waals surface area contributed by atoms with Crippen molar-refractivity contribution in [2.24, 2.45) is 18.7 Å². The zero-order valence-corrected chi connectivity index (χ0v) is 7.98. The maximum absolute atomic E-state index is 5.84. The molecule has 0 aromatic carbocycles. The highest BCUT2D eigenvalue weighted by molar-refractivity contribution is 4.95. The summed E-state index contributed by atoms with van der Waals surface area (Å²) in [5.41, 5.74) is 6.94. The van der Waals surface area contributed by atoms with Gasteiger partial charge in [0.15, 0.2) is 0 Å². The number of aromatic nitrogens is 3. The molecule has 0 aliphatic heterocycles. The molecule has 0 radical (unpaired) electrons. The normalized spacial score (nSPS) is 28.2. The van der Waals surface area contributed by atoms with Crippen LogP contribution in [0.4, 0.5) is 0 Å². The van der Waals surface area contributed by atoms with E-state index in [0.717, 1.165) is 24.5 Å². The molecule has 1 aromatic rings. The average molecular weight is 180 g/mol. The molecule has 1 fully saturated rings. The Balaban J connectivity index is 1.91. The lowest BCUT2D eigenvalue weighted by Gasteiger charge is -2.05. The molecule has 0 amide bonds. The van der Waals surface area contributed by atoms with Crippen LogP contribution in [0.2, 0.25) is 0 Å².